The van der Waals surface area contributed by atoms with E-state index in [1.807, 2.05) is 13.0 Å². The summed E-state index contributed by atoms with van der Waals surface area (Å²) in [4.78, 5) is 30.5. The molecule has 2 N–H and O–H groups in total. The molecule has 0 saturated carbocycles. The number of aromatic amines is 1. The van der Waals surface area contributed by atoms with Crippen LogP contribution in [0.2, 0.25) is 0 Å². The van der Waals surface area contributed by atoms with Crippen molar-refractivity contribution >= 4 is 32.5 Å². The highest BCUT2D eigenvalue weighted by molar-refractivity contribution is 7.89. The van der Waals surface area contributed by atoms with Crippen molar-refractivity contribution in [1.29, 1.82) is 0 Å². The first kappa shape index (κ1) is 26.9. The maximum absolute atomic E-state index is 13.4. The van der Waals surface area contributed by atoms with Gasteiger partial charge in [0, 0.05) is 54.9 Å². The monoisotopic (exact) mass is 524 g/mol. The van der Waals surface area contributed by atoms with Gasteiger partial charge < -0.3 is 15.2 Å². The Hall–Kier alpha value is -3.17. The smallest absolute Gasteiger partial charge is 0.252 e. The number of carbonyl (C=O) groups excluding carboxylic acids is 1. The number of nitrogens with zero attached hydrogens (tertiary/aromatic N) is 2. The van der Waals surface area contributed by atoms with Gasteiger partial charge in [-0.25, -0.2) is 8.42 Å². The molecule has 2 heterocycles. The van der Waals surface area contributed by atoms with Crippen molar-refractivity contribution in [1.82, 2.24) is 14.6 Å². The number of anilines is 1. The van der Waals surface area contributed by atoms with E-state index < -0.39 is 21.5 Å². The predicted octanol–water partition coefficient (Wildman–Crippen LogP) is 4.05. The normalized spacial score (nSPS) is 16.6. The Morgan fingerprint density at radius 2 is 1.97 bits per heavy atom. The number of piperidine rings is 1. The molecule has 1 saturated heterocycles. The number of rotatable bonds is 9. The van der Waals surface area contributed by atoms with Crippen LogP contribution in [0, 0.1) is 6.92 Å². The second kappa shape index (κ2) is 11.5. The fourth-order valence-corrected chi connectivity index (χ4v) is 6.73. The van der Waals surface area contributed by atoms with Gasteiger partial charge in [0.1, 0.15) is 0 Å². The summed E-state index contributed by atoms with van der Waals surface area (Å²) in [5.41, 5.74) is 2.54. The van der Waals surface area contributed by atoms with Crippen LogP contribution in [0.1, 0.15) is 55.5 Å². The summed E-state index contributed by atoms with van der Waals surface area (Å²) in [6.07, 6.45) is 3.39. The van der Waals surface area contributed by atoms with E-state index >= 15 is 0 Å². The summed E-state index contributed by atoms with van der Waals surface area (Å²) in [6, 6.07) is 14.1. The lowest BCUT2D eigenvalue weighted by Gasteiger charge is -2.32. The molecule has 9 heteroatoms. The number of carbonyl (C=O) groups is 1. The maximum Gasteiger partial charge on any atom is 0.252 e. The number of benzene rings is 2. The number of aromatic nitrogens is 1. The van der Waals surface area contributed by atoms with Crippen molar-refractivity contribution in [2.75, 3.05) is 31.1 Å². The molecular weight excluding hydrogens is 488 g/mol. The lowest BCUT2D eigenvalue weighted by atomic mass is 10.1. The third-order valence-electron chi connectivity index (χ3n) is 7.05. The van der Waals surface area contributed by atoms with Crippen LogP contribution in [0.25, 0.3) is 10.9 Å². The Kier molecular flexibility index (Phi) is 8.34. The second-order valence-electron chi connectivity index (χ2n) is 9.74. The van der Waals surface area contributed by atoms with Crippen LogP contribution in [-0.4, -0.2) is 55.8 Å². The van der Waals surface area contributed by atoms with Gasteiger partial charge in [0.15, 0.2) is 0 Å². The SMILES string of the molecule is CCN(CCCNC(=O)c1cc(=O)[nH]c2ccc(S(=O)(=O)N3CCCC[C@H]3C)cc12)c1cccc(C)c1. The molecule has 198 valence electrons. The lowest BCUT2D eigenvalue weighted by Crippen LogP contribution is -2.41. The lowest BCUT2D eigenvalue weighted by molar-refractivity contribution is 0.0955. The van der Waals surface area contributed by atoms with Gasteiger partial charge in [0.25, 0.3) is 5.91 Å². The number of sulfonamides is 1. The fraction of sp³-hybridized carbons (Fsp3) is 0.429. The zero-order valence-electron chi connectivity index (χ0n) is 21.8. The van der Waals surface area contributed by atoms with E-state index in [4.69, 9.17) is 0 Å². The molecule has 0 bridgehead atoms. The number of aryl methyl sites for hydroxylation is 1. The van der Waals surface area contributed by atoms with E-state index in [0.717, 1.165) is 44.5 Å². The first-order valence-corrected chi connectivity index (χ1v) is 14.4. The molecule has 1 amide bonds. The minimum Gasteiger partial charge on any atom is -0.372 e. The van der Waals surface area contributed by atoms with Gasteiger partial charge in [-0.1, -0.05) is 18.6 Å². The molecular formula is C28H36N4O4S. The highest BCUT2D eigenvalue weighted by atomic mass is 32.2. The van der Waals surface area contributed by atoms with Crippen LogP contribution < -0.4 is 15.8 Å². The van der Waals surface area contributed by atoms with E-state index in [1.165, 1.54) is 28.1 Å². The predicted molar refractivity (Wildman–Crippen MR) is 148 cm³/mol. The minimum absolute atomic E-state index is 0.0738. The Morgan fingerprint density at radius 3 is 2.70 bits per heavy atom. The van der Waals surface area contributed by atoms with E-state index in [1.54, 1.807) is 6.07 Å². The summed E-state index contributed by atoms with van der Waals surface area (Å²) in [5, 5.41) is 3.33. The fourth-order valence-electron chi connectivity index (χ4n) is 5.01. The van der Waals surface area contributed by atoms with E-state index in [2.05, 4.69) is 47.2 Å². The highest BCUT2D eigenvalue weighted by Crippen LogP contribution is 2.27. The first-order chi connectivity index (χ1) is 17.7. The Balaban J connectivity index is 1.51. The van der Waals surface area contributed by atoms with Crippen LogP contribution >= 0.6 is 0 Å². The van der Waals surface area contributed by atoms with E-state index in [0.29, 0.717) is 24.0 Å². The summed E-state index contributed by atoms with van der Waals surface area (Å²) in [6.45, 7) is 8.62. The van der Waals surface area contributed by atoms with Crippen molar-refractivity contribution < 1.29 is 13.2 Å². The topological polar surface area (TPSA) is 103 Å². The van der Waals surface area contributed by atoms with Gasteiger partial charge in [0.05, 0.1) is 10.5 Å². The molecule has 2 aromatic carbocycles. The first-order valence-electron chi connectivity index (χ1n) is 13.0. The number of fused-ring (bicyclic) bond motifs is 1. The molecule has 0 radical (unpaired) electrons. The quantitative estimate of drug-likeness (QED) is 0.411. The average molecular weight is 525 g/mol. The zero-order valence-corrected chi connectivity index (χ0v) is 22.6. The summed E-state index contributed by atoms with van der Waals surface area (Å²) in [5.74, 6) is -0.393. The van der Waals surface area contributed by atoms with Gasteiger partial charge in [-0.15, -0.1) is 0 Å². The molecule has 1 aliphatic rings. The molecule has 1 fully saturated rings. The Bertz CT molecular complexity index is 1430. The van der Waals surface area contributed by atoms with Crippen LogP contribution in [0.3, 0.4) is 0 Å². The molecule has 0 unspecified atom stereocenters. The number of hydrogen-bond acceptors (Lipinski definition) is 5. The van der Waals surface area contributed by atoms with Crippen LogP contribution in [0.5, 0.6) is 0 Å². The van der Waals surface area contributed by atoms with Gasteiger partial charge in [0.2, 0.25) is 15.6 Å². The number of pyridine rings is 1. The average Bonchev–Trinajstić information content (AvgIpc) is 2.88. The Labute approximate surface area is 218 Å². The molecule has 1 aromatic heterocycles. The van der Waals surface area contributed by atoms with Crippen LogP contribution in [-0.2, 0) is 10.0 Å². The standard InChI is InChI=1S/C28H36N4O4S/c1-4-31(22-11-7-9-20(2)17-22)15-8-14-29-28(34)25-19-27(33)30-26-13-12-23(18-24(25)26)37(35,36)32-16-6-5-10-21(32)3/h7,9,11-13,17-19,21H,4-6,8,10,14-16H2,1-3H3,(H,29,34)(H,30,33)/t21-/m1/s1. The summed E-state index contributed by atoms with van der Waals surface area (Å²) >= 11 is 0. The van der Waals surface area contributed by atoms with Crippen molar-refractivity contribution in [3.63, 3.8) is 0 Å². The molecule has 4 rings (SSSR count). The summed E-state index contributed by atoms with van der Waals surface area (Å²) < 4.78 is 28.3. The molecule has 37 heavy (non-hydrogen) atoms. The van der Waals surface area contributed by atoms with Gasteiger partial charge >= 0.3 is 0 Å². The van der Waals surface area contributed by atoms with Gasteiger partial charge in [-0.3, -0.25) is 9.59 Å². The van der Waals surface area contributed by atoms with Gasteiger partial charge in [-0.05, 0) is 75.9 Å². The number of hydrogen-bond donors (Lipinski definition) is 2. The number of H-pyrrole nitrogens is 1. The maximum atomic E-state index is 13.4. The third-order valence-corrected chi connectivity index (χ3v) is 9.06. The zero-order chi connectivity index (χ0) is 26.6. The minimum atomic E-state index is -3.71. The molecule has 1 aliphatic heterocycles. The number of nitrogens with one attached hydrogen (secondary N) is 2. The van der Waals surface area contributed by atoms with Crippen molar-refractivity contribution in [2.45, 2.75) is 57.4 Å². The second-order valence-corrected chi connectivity index (χ2v) is 11.6. The molecule has 0 aliphatic carbocycles. The number of amides is 1. The van der Waals surface area contributed by atoms with Crippen molar-refractivity contribution in [3.8, 4) is 0 Å². The van der Waals surface area contributed by atoms with Crippen LogP contribution in [0.4, 0.5) is 5.69 Å². The van der Waals surface area contributed by atoms with E-state index in [-0.39, 0.29) is 16.5 Å². The molecule has 1 atom stereocenters. The molecule has 3 aromatic rings. The third kappa shape index (κ3) is 6.05. The molecule has 8 nitrogen and oxygen atoms in total. The Morgan fingerprint density at radius 1 is 1.16 bits per heavy atom. The van der Waals surface area contributed by atoms with Gasteiger partial charge in [-0.2, -0.15) is 4.31 Å². The van der Waals surface area contributed by atoms with Crippen molar-refractivity contribution in [3.05, 3.63) is 70.0 Å². The summed E-state index contributed by atoms with van der Waals surface area (Å²) in [7, 11) is -3.71. The molecule has 0 spiro atoms. The van der Waals surface area contributed by atoms with Crippen LogP contribution in [0.15, 0.2) is 58.2 Å². The van der Waals surface area contributed by atoms with Crippen molar-refractivity contribution in [2.24, 2.45) is 0 Å². The highest BCUT2D eigenvalue weighted by Gasteiger charge is 2.31. The largest absolute Gasteiger partial charge is 0.372 e. The van der Waals surface area contributed by atoms with E-state index in [9.17, 15) is 18.0 Å².